The molecule has 3 aromatic rings. The van der Waals surface area contributed by atoms with Gasteiger partial charge in [-0.15, -0.1) is 11.8 Å². The van der Waals surface area contributed by atoms with Gasteiger partial charge in [-0.1, -0.05) is 42.5 Å². The molecular weight excluding hydrogens is 424 g/mol. The number of carbonyl (C=O) groups excluding carboxylic acids is 2. The molecule has 0 radical (unpaired) electrons. The van der Waals surface area contributed by atoms with Crippen LogP contribution in [0.4, 0.5) is 5.69 Å². The zero-order chi connectivity index (χ0) is 22.9. The van der Waals surface area contributed by atoms with Crippen molar-refractivity contribution in [2.45, 2.75) is 17.9 Å². The van der Waals surface area contributed by atoms with Gasteiger partial charge < -0.3 is 20.1 Å². The van der Waals surface area contributed by atoms with E-state index in [9.17, 15) is 9.59 Å². The summed E-state index contributed by atoms with van der Waals surface area (Å²) in [5.41, 5.74) is 1.90. The number of thioether (sulfide) groups is 1. The Morgan fingerprint density at radius 3 is 2.31 bits per heavy atom. The van der Waals surface area contributed by atoms with Gasteiger partial charge in [0.15, 0.2) is 11.5 Å². The number of carbonyl (C=O) groups is 2. The number of amides is 2. The number of ether oxygens (including phenoxy) is 2. The molecule has 0 bridgehead atoms. The minimum atomic E-state index is -0.246. The fourth-order valence-corrected chi connectivity index (χ4v) is 3.86. The number of nitrogens with one attached hydrogen (secondary N) is 2. The molecule has 3 aromatic carbocycles. The summed E-state index contributed by atoms with van der Waals surface area (Å²) in [6.45, 7) is 1.92. The lowest BCUT2D eigenvalue weighted by Crippen LogP contribution is -2.28. The SMILES string of the molecule is COc1ccc(SCC(=O)Nc2ccccc2C(=O)NC(C)c2ccccc2)cc1OC. The zero-order valence-electron chi connectivity index (χ0n) is 18.3. The van der Waals surface area contributed by atoms with Crippen molar-refractivity contribution >= 4 is 29.3 Å². The van der Waals surface area contributed by atoms with E-state index in [1.54, 1.807) is 44.6 Å². The van der Waals surface area contributed by atoms with Crippen LogP contribution in [0.1, 0.15) is 28.9 Å². The van der Waals surface area contributed by atoms with Gasteiger partial charge in [0.05, 0.1) is 37.3 Å². The van der Waals surface area contributed by atoms with Crippen molar-refractivity contribution in [3.05, 3.63) is 83.9 Å². The topological polar surface area (TPSA) is 76.7 Å². The van der Waals surface area contributed by atoms with Crippen LogP contribution in [0.3, 0.4) is 0 Å². The van der Waals surface area contributed by atoms with E-state index in [-0.39, 0.29) is 23.6 Å². The number of rotatable bonds is 9. The minimum Gasteiger partial charge on any atom is -0.493 e. The van der Waals surface area contributed by atoms with Gasteiger partial charge >= 0.3 is 0 Å². The molecule has 1 atom stereocenters. The molecule has 2 N–H and O–H groups in total. The summed E-state index contributed by atoms with van der Waals surface area (Å²) in [4.78, 5) is 26.3. The van der Waals surface area contributed by atoms with Gasteiger partial charge in [0, 0.05) is 4.90 Å². The zero-order valence-corrected chi connectivity index (χ0v) is 19.1. The van der Waals surface area contributed by atoms with Gasteiger partial charge in [0.2, 0.25) is 5.91 Å². The summed E-state index contributed by atoms with van der Waals surface area (Å²) in [5, 5.41) is 5.84. The molecule has 32 heavy (non-hydrogen) atoms. The predicted octanol–water partition coefficient (Wildman–Crippen LogP) is 4.93. The molecule has 0 aliphatic carbocycles. The van der Waals surface area contributed by atoms with E-state index in [0.29, 0.717) is 22.7 Å². The van der Waals surface area contributed by atoms with Crippen LogP contribution in [0.2, 0.25) is 0 Å². The number of hydrogen-bond acceptors (Lipinski definition) is 5. The van der Waals surface area contributed by atoms with Crippen molar-refractivity contribution in [3.63, 3.8) is 0 Å². The summed E-state index contributed by atoms with van der Waals surface area (Å²) in [6, 6.07) is 22.0. The maximum Gasteiger partial charge on any atom is 0.253 e. The molecule has 0 aromatic heterocycles. The van der Waals surface area contributed by atoms with Crippen molar-refractivity contribution in [1.82, 2.24) is 5.32 Å². The largest absolute Gasteiger partial charge is 0.493 e. The molecular formula is C25H26N2O4S. The van der Waals surface area contributed by atoms with Gasteiger partial charge in [-0.25, -0.2) is 0 Å². The summed E-state index contributed by atoms with van der Waals surface area (Å²) in [6.07, 6.45) is 0. The number of benzene rings is 3. The summed E-state index contributed by atoms with van der Waals surface area (Å²) >= 11 is 1.37. The third kappa shape index (κ3) is 6.04. The molecule has 7 heteroatoms. The van der Waals surface area contributed by atoms with Gasteiger partial charge in [-0.05, 0) is 42.8 Å². The van der Waals surface area contributed by atoms with E-state index >= 15 is 0 Å². The van der Waals surface area contributed by atoms with E-state index in [4.69, 9.17) is 9.47 Å². The molecule has 0 aliphatic rings. The Labute approximate surface area is 192 Å². The summed E-state index contributed by atoms with van der Waals surface area (Å²) < 4.78 is 10.5. The van der Waals surface area contributed by atoms with E-state index < -0.39 is 0 Å². The van der Waals surface area contributed by atoms with E-state index in [1.165, 1.54) is 11.8 Å². The van der Waals surface area contributed by atoms with Crippen molar-refractivity contribution < 1.29 is 19.1 Å². The average molecular weight is 451 g/mol. The Hall–Kier alpha value is -3.45. The van der Waals surface area contributed by atoms with Crippen LogP contribution in [-0.4, -0.2) is 31.8 Å². The molecule has 0 fully saturated rings. The van der Waals surface area contributed by atoms with Crippen LogP contribution in [0, 0.1) is 0 Å². The molecule has 0 saturated carbocycles. The quantitative estimate of drug-likeness (QED) is 0.452. The second-order valence-corrected chi connectivity index (χ2v) is 8.05. The Morgan fingerprint density at radius 2 is 1.59 bits per heavy atom. The fourth-order valence-electron chi connectivity index (χ4n) is 3.13. The van der Waals surface area contributed by atoms with Crippen LogP contribution >= 0.6 is 11.8 Å². The van der Waals surface area contributed by atoms with Crippen LogP contribution in [-0.2, 0) is 4.79 Å². The Balaban J connectivity index is 1.63. The maximum absolute atomic E-state index is 12.8. The van der Waals surface area contributed by atoms with E-state index in [2.05, 4.69) is 10.6 Å². The van der Waals surface area contributed by atoms with E-state index in [1.807, 2.05) is 49.4 Å². The molecule has 6 nitrogen and oxygen atoms in total. The first kappa shape index (κ1) is 23.2. The van der Waals surface area contributed by atoms with Crippen LogP contribution in [0.5, 0.6) is 11.5 Å². The number of para-hydroxylation sites is 1. The second-order valence-electron chi connectivity index (χ2n) is 7.01. The summed E-state index contributed by atoms with van der Waals surface area (Å²) in [7, 11) is 3.14. The Morgan fingerprint density at radius 1 is 0.906 bits per heavy atom. The molecule has 0 spiro atoms. The fraction of sp³-hybridized carbons (Fsp3) is 0.200. The first-order chi connectivity index (χ1) is 15.5. The lowest BCUT2D eigenvalue weighted by Gasteiger charge is -2.16. The van der Waals surface area contributed by atoms with Crippen LogP contribution in [0.15, 0.2) is 77.7 Å². The monoisotopic (exact) mass is 450 g/mol. The lowest BCUT2D eigenvalue weighted by atomic mass is 10.1. The van der Waals surface area contributed by atoms with Crippen molar-refractivity contribution in [2.75, 3.05) is 25.3 Å². The highest BCUT2D eigenvalue weighted by Crippen LogP contribution is 2.32. The maximum atomic E-state index is 12.8. The number of anilines is 1. The van der Waals surface area contributed by atoms with E-state index in [0.717, 1.165) is 10.5 Å². The third-order valence-electron chi connectivity index (χ3n) is 4.82. The molecule has 166 valence electrons. The average Bonchev–Trinajstić information content (AvgIpc) is 2.83. The molecule has 0 saturated heterocycles. The Kier molecular flexibility index (Phi) is 8.16. The van der Waals surface area contributed by atoms with Crippen LogP contribution < -0.4 is 20.1 Å². The van der Waals surface area contributed by atoms with Crippen molar-refractivity contribution in [3.8, 4) is 11.5 Å². The van der Waals surface area contributed by atoms with Gasteiger partial charge in [0.25, 0.3) is 5.91 Å². The molecule has 0 heterocycles. The van der Waals surface area contributed by atoms with Gasteiger partial charge in [0.1, 0.15) is 0 Å². The molecule has 0 aliphatic heterocycles. The highest BCUT2D eigenvalue weighted by atomic mass is 32.2. The molecule has 1 unspecified atom stereocenters. The van der Waals surface area contributed by atoms with Gasteiger partial charge in [-0.3, -0.25) is 9.59 Å². The normalized spacial score (nSPS) is 11.3. The first-order valence-corrected chi connectivity index (χ1v) is 11.1. The molecule has 3 rings (SSSR count). The second kappa shape index (κ2) is 11.2. The van der Waals surface area contributed by atoms with Gasteiger partial charge in [-0.2, -0.15) is 0 Å². The van der Waals surface area contributed by atoms with Crippen molar-refractivity contribution in [2.24, 2.45) is 0 Å². The lowest BCUT2D eigenvalue weighted by molar-refractivity contribution is -0.113. The Bertz CT molecular complexity index is 1070. The number of methoxy groups -OCH3 is 2. The summed E-state index contributed by atoms with van der Waals surface area (Å²) in [5.74, 6) is 0.968. The third-order valence-corrected chi connectivity index (χ3v) is 5.81. The van der Waals surface area contributed by atoms with Crippen molar-refractivity contribution in [1.29, 1.82) is 0 Å². The highest BCUT2D eigenvalue weighted by molar-refractivity contribution is 8.00. The standard InChI is InChI=1S/C25H26N2O4S/c1-17(18-9-5-4-6-10-18)26-25(29)20-11-7-8-12-21(20)27-24(28)16-32-19-13-14-22(30-2)23(15-19)31-3/h4-15,17H,16H2,1-3H3,(H,26,29)(H,27,28). The smallest absolute Gasteiger partial charge is 0.253 e. The predicted molar refractivity (Wildman–Crippen MR) is 128 cm³/mol. The molecule has 2 amide bonds. The minimum absolute atomic E-state index is 0.159. The van der Waals surface area contributed by atoms with Crippen LogP contribution in [0.25, 0.3) is 0 Å². The number of hydrogen-bond donors (Lipinski definition) is 2. The highest BCUT2D eigenvalue weighted by Gasteiger charge is 2.16. The first-order valence-electron chi connectivity index (χ1n) is 10.1.